The van der Waals surface area contributed by atoms with E-state index in [0.29, 0.717) is 19.6 Å². The van der Waals surface area contributed by atoms with Crippen molar-refractivity contribution in [3.05, 3.63) is 0 Å². The Labute approximate surface area is 74.3 Å². The molecule has 0 spiro atoms. The van der Waals surface area contributed by atoms with E-state index in [2.05, 4.69) is 10.0 Å². The van der Waals surface area contributed by atoms with Crippen molar-refractivity contribution >= 4 is 10.2 Å². The summed E-state index contributed by atoms with van der Waals surface area (Å²) in [6.07, 6.45) is 0. The van der Waals surface area contributed by atoms with E-state index in [9.17, 15) is 8.42 Å². The zero-order valence-corrected chi connectivity index (χ0v) is 8.61. The van der Waals surface area contributed by atoms with Crippen LogP contribution in [-0.4, -0.2) is 46.5 Å². The molecule has 0 atom stereocenters. The van der Waals surface area contributed by atoms with Gasteiger partial charge in [0.1, 0.15) is 0 Å². The van der Waals surface area contributed by atoms with Crippen molar-refractivity contribution in [1.29, 1.82) is 0 Å². The van der Waals surface area contributed by atoms with E-state index in [-0.39, 0.29) is 0 Å². The van der Waals surface area contributed by atoms with Gasteiger partial charge in [-0.15, -0.1) is 0 Å². The minimum atomic E-state index is -3.24. The number of likely N-dealkylation sites (N-methyl/N-ethyl adjacent to an activating group) is 2. The van der Waals surface area contributed by atoms with E-state index in [4.69, 9.17) is 0 Å². The Bertz CT molecular complexity index is 203. The molecule has 0 rings (SSSR count). The Kier molecular flexibility index (Phi) is 5.39. The predicted octanol–water partition coefficient (Wildman–Crippen LogP) is -1.01. The van der Waals surface area contributed by atoms with Crippen molar-refractivity contribution in [3.8, 4) is 0 Å². The quantitative estimate of drug-likeness (QED) is 0.571. The number of nitrogens with zero attached hydrogens (tertiary/aromatic N) is 1. The largest absolute Gasteiger partial charge is 0.318 e. The van der Waals surface area contributed by atoms with Gasteiger partial charge in [0.25, 0.3) is 10.2 Å². The van der Waals surface area contributed by atoms with Crippen LogP contribution in [0.3, 0.4) is 0 Å². The normalized spacial score (nSPS) is 12.3. The summed E-state index contributed by atoms with van der Waals surface area (Å²) < 4.78 is 26.1. The SMILES string of the molecule is CCNS(=O)(=O)N(C)CCNC. The topological polar surface area (TPSA) is 61.4 Å². The Morgan fingerprint density at radius 3 is 2.42 bits per heavy atom. The van der Waals surface area contributed by atoms with Crippen LogP contribution in [0.5, 0.6) is 0 Å². The molecule has 12 heavy (non-hydrogen) atoms. The third-order valence-electron chi connectivity index (χ3n) is 1.41. The first kappa shape index (κ1) is 11.8. The number of hydrogen-bond donors (Lipinski definition) is 2. The predicted molar refractivity (Wildman–Crippen MR) is 49.2 cm³/mol. The first-order valence-electron chi connectivity index (χ1n) is 3.90. The van der Waals surface area contributed by atoms with Gasteiger partial charge in [-0.1, -0.05) is 6.92 Å². The maximum Gasteiger partial charge on any atom is 0.279 e. The van der Waals surface area contributed by atoms with Crippen LogP contribution in [0.25, 0.3) is 0 Å². The van der Waals surface area contributed by atoms with Crippen LogP contribution >= 0.6 is 0 Å². The molecule has 0 aliphatic carbocycles. The van der Waals surface area contributed by atoms with Gasteiger partial charge in [-0.3, -0.25) is 0 Å². The Hall–Kier alpha value is -0.170. The molecule has 0 bridgehead atoms. The Balaban J connectivity index is 3.98. The van der Waals surface area contributed by atoms with Crippen LogP contribution in [0.1, 0.15) is 6.92 Å². The van der Waals surface area contributed by atoms with E-state index in [1.54, 1.807) is 21.0 Å². The van der Waals surface area contributed by atoms with Crippen LogP contribution < -0.4 is 10.0 Å². The van der Waals surface area contributed by atoms with Gasteiger partial charge in [0.05, 0.1) is 0 Å². The van der Waals surface area contributed by atoms with Crippen LogP contribution in [0, 0.1) is 0 Å². The van der Waals surface area contributed by atoms with Gasteiger partial charge >= 0.3 is 0 Å². The standard InChI is InChI=1S/C6H17N3O2S/c1-4-8-12(10,11)9(3)6-5-7-2/h7-8H,4-6H2,1-3H3. The van der Waals surface area contributed by atoms with Crippen LogP contribution in [0.2, 0.25) is 0 Å². The number of rotatable bonds is 6. The first-order chi connectivity index (χ1) is 5.54. The van der Waals surface area contributed by atoms with Gasteiger partial charge in [0.2, 0.25) is 0 Å². The summed E-state index contributed by atoms with van der Waals surface area (Å²) in [5, 5.41) is 2.88. The molecule has 0 aromatic carbocycles. The molecule has 0 saturated carbocycles. The van der Waals surface area contributed by atoms with Crippen molar-refractivity contribution in [2.45, 2.75) is 6.92 Å². The lowest BCUT2D eigenvalue weighted by Gasteiger charge is -2.16. The van der Waals surface area contributed by atoms with E-state index < -0.39 is 10.2 Å². The van der Waals surface area contributed by atoms with E-state index >= 15 is 0 Å². The second-order valence-electron chi connectivity index (χ2n) is 2.43. The lowest BCUT2D eigenvalue weighted by Crippen LogP contribution is -2.40. The zero-order valence-electron chi connectivity index (χ0n) is 7.79. The monoisotopic (exact) mass is 195 g/mol. The van der Waals surface area contributed by atoms with E-state index in [0.717, 1.165) is 0 Å². The first-order valence-corrected chi connectivity index (χ1v) is 5.34. The van der Waals surface area contributed by atoms with E-state index in [1.807, 2.05) is 0 Å². The lowest BCUT2D eigenvalue weighted by atomic mass is 10.6. The summed E-state index contributed by atoms with van der Waals surface area (Å²) in [5.74, 6) is 0. The molecule has 0 aromatic heterocycles. The molecule has 6 heteroatoms. The van der Waals surface area contributed by atoms with Gasteiger partial charge in [-0.05, 0) is 7.05 Å². The summed E-state index contributed by atoms with van der Waals surface area (Å²) in [4.78, 5) is 0. The van der Waals surface area contributed by atoms with E-state index in [1.165, 1.54) is 4.31 Å². The van der Waals surface area contributed by atoms with Crippen molar-refractivity contribution in [1.82, 2.24) is 14.3 Å². The molecule has 0 fully saturated rings. The highest BCUT2D eigenvalue weighted by atomic mass is 32.2. The highest BCUT2D eigenvalue weighted by Crippen LogP contribution is 1.90. The molecule has 0 heterocycles. The summed E-state index contributed by atoms with van der Waals surface area (Å²) >= 11 is 0. The number of hydrogen-bond acceptors (Lipinski definition) is 3. The molecular formula is C6H17N3O2S. The Morgan fingerprint density at radius 1 is 1.42 bits per heavy atom. The van der Waals surface area contributed by atoms with Crippen molar-refractivity contribution in [2.75, 3.05) is 33.7 Å². The van der Waals surface area contributed by atoms with Gasteiger partial charge in [0, 0.05) is 26.7 Å². The molecule has 0 amide bonds. The maximum absolute atomic E-state index is 11.2. The molecule has 2 N–H and O–H groups in total. The average molecular weight is 195 g/mol. The third kappa shape index (κ3) is 4.01. The minimum Gasteiger partial charge on any atom is -0.318 e. The fraction of sp³-hybridized carbons (Fsp3) is 1.00. The van der Waals surface area contributed by atoms with Gasteiger partial charge in [0.15, 0.2) is 0 Å². The fourth-order valence-corrected chi connectivity index (χ4v) is 1.60. The van der Waals surface area contributed by atoms with Crippen molar-refractivity contribution < 1.29 is 8.42 Å². The number of nitrogens with one attached hydrogen (secondary N) is 2. The highest BCUT2D eigenvalue weighted by Gasteiger charge is 2.14. The van der Waals surface area contributed by atoms with Crippen LogP contribution in [-0.2, 0) is 10.2 Å². The smallest absolute Gasteiger partial charge is 0.279 e. The summed E-state index contributed by atoms with van der Waals surface area (Å²) in [5.41, 5.74) is 0. The van der Waals surface area contributed by atoms with Crippen LogP contribution in [0.15, 0.2) is 0 Å². The molecule has 0 unspecified atom stereocenters. The molecule has 5 nitrogen and oxygen atoms in total. The highest BCUT2D eigenvalue weighted by molar-refractivity contribution is 7.87. The Morgan fingerprint density at radius 2 is 2.00 bits per heavy atom. The fourth-order valence-electron chi connectivity index (χ4n) is 0.682. The molecule has 0 saturated heterocycles. The zero-order chi connectivity index (χ0) is 9.61. The molecule has 0 aliphatic heterocycles. The summed E-state index contributed by atoms with van der Waals surface area (Å²) in [7, 11) is 0.0971. The summed E-state index contributed by atoms with van der Waals surface area (Å²) in [6.45, 7) is 3.31. The second kappa shape index (κ2) is 5.47. The van der Waals surface area contributed by atoms with Gasteiger partial charge in [-0.2, -0.15) is 12.7 Å². The van der Waals surface area contributed by atoms with Gasteiger partial charge in [-0.25, -0.2) is 4.72 Å². The maximum atomic E-state index is 11.2. The van der Waals surface area contributed by atoms with Gasteiger partial charge < -0.3 is 5.32 Å². The summed E-state index contributed by atoms with van der Waals surface area (Å²) in [6, 6.07) is 0. The third-order valence-corrected chi connectivity index (χ3v) is 3.07. The molecule has 74 valence electrons. The van der Waals surface area contributed by atoms with Crippen molar-refractivity contribution in [3.63, 3.8) is 0 Å². The molecule has 0 aliphatic rings. The lowest BCUT2D eigenvalue weighted by molar-refractivity contribution is 0.456. The van der Waals surface area contributed by atoms with Crippen molar-refractivity contribution in [2.24, 2.45) is 0 Å². The minimum absolute atomic E-state index is 0.423. The molecule has 0 radical (unpaired) electrons. The second-order valence-corrected chi connectivity index (χ2v) is 4.29. The molecular weight excluding hydrogens is 178 g/mol. The van der Waals surface area contributed by atoms with Crippen LogP contribution in [0.4, 0.5) is 0 Å². The molecule has 0 aromatic rings. The average Bonchev–Trinajstić information content (AvgIpc) is 2.00.